The lowest BCUT2D eigenvalue weighted by Gasteiger charge is -2.20. The SMILES string of the molecule is Cc1cc(C)c(C(C)Nc2cccc(F)c2F)cc1C. The van der Waals surface area contributed by atoms with Gasteiger partial charge < -0.3 is 5.32 Å². The first-order valence-electron chi connectivity index (χ1n) is 6.68. The number of halogens is 2. The lowest BCUT2D eigenvalue weighted by Crippen LogP contribution is -2.10. The van der Waals surface area contributed by atoms with Gasteiger partial charge in [-0.3, -0.25) is 0 Å². The third-order valence-corrected chi connectivity index (χ3v) is 3.67. The topological polar surface area (TPSA) is 12.0 Å². The van der Waals surface area contributed by atoms with Crippen LogP contribution in [0.4, 0.5) is 14.5 Å². The van der Waals surface area contributed by atoms with Crippen LogP contribution < -0.4 is 5.32 Å². The van der Waals surface area contributed by atoms with Crippen LogP contribution in [0, 0.1) is 32.4 Å². The van der Waals surface area contributed by atoms with Gasteiger partial charge in [0.2, 0.25) is 0 Å². The number of aryl methyl sites for hydroxylation is 3. The largest absolute Gasteiger partial charge is 0.376 e. The Bertz CT molecular complexity index is 635. The molecule has 0 aliphatic heterocycles. The van der Waals surface area contributed by atoms with E-state index in [1.807, 2.05) is 20.8 Å². The summed E-state index contributed by atoms with van der Waals surface area (Å²) in [6.07, 6.45) is 0. The quantitative estimate of drug-likeness (QED) is 0.825. The fraction of sp³-hybridized carbons (Fsp3) is 0.294. The summed E-state index contributed by atoms with van der Waals surface area (Å²) in [5.74, 6) is -1.67. The first-order chi connectivity index (χ1) is 9.40. The number of hydrogen-bond donors (Lipinski definition) is 1. The van der Waals surface area contributed by atoms with Crippen LogP contribution in [0.3, 0.4) is 0 Å². The lowest BCUT2D eigenvalue weighted by molar-refractivity contribution is 0.510. The van der Waals surface area contributed by atoms with E-state index in [0.717, 1.165) is 17.2 Å². The second-order valence-electron chi connectivity index (χ2n) is 5.26. The van der Waals surface area contributed by atoms with Gasteiger partial charge in [-0.25, -0.2) is 8.78 Å². The Kier molecular flexibility index (Phi) is 4.07. The van der Waals surface area contributed by atoms with Gasteiger partial charge in [0.05, 0.1) is 5.69 Å². The lowest BCUT2D eigenvalue weighted by atomic mass is 9.96. The van der Waals surface area contributed by atoms with Crippen molar-refractivity contribution in [2.24, 2.45) is 0 Å². The fourth-order valence-electron chi connectivity index (χ4n) is 2.38. The average Bonchev–Trinajstić information content (AvgIpc) is 2.39. The molecule has 2 aromatic carbocycles. The molecule has 0 amide bonds. The molecule has 1 atom stereocenters. The maximum absolute atomic E-state index is 13.7. The van der Waals surface area contributed by atoms with Crippen LogP contribution in [-0.2, 0) is 0 Å². The number of benzene rings is 2. The molecule has 0 aliphatic carbocycles. The van der Waals surface area contributed by atoms with E-state index in [-0.39, 0.29) is 11.7 Å². The molecule has 0 aliphatic rings. The van der Waals surface area contributed by atoms with Gasteiger partial charge >= 0.3 is 0 Å². The molecule has 0 radical (unpaired) electrons. The fourth-order valence-corrected chi connectivity index (χ4v) is 2.38. The summed E-state index contributed by atoms with van der Waals surface area (Å²) in [5.41, 5.74) is 4.85. The smallest absolute Gasteiger partial charge is 0.181 e. The van der Waals surface area contributed by atoms with Gasteiger partial charge in [-0.1, -0.05) is 18.2 Å². The van der Waals surface area contributed by atoms with Gasteiger partial charge in [0, 0.05) is 6.04 Å². The van der Waals surface area contributed by atoms with Gasteiger partial charge in [0.1, 0.15) is 0 Å². The minimum absolute atomic E-state index is 0.0920. The third-order valence-electron chi connectivity index (χ3n) is 3.67. The van der Waals surface area contributed by atoms with Gasteiger partial charge in [-0.15, -0.1) is 0 Å². The highest BCUT2D eigenvalue weighted by Crippen LogP contribution is 2.26. The molecule has 20 heavy (non-hydrogen) atoms. The zero-order chi connectivity index (χ0) is 14.9. The van der Waals surface area contributed by atoms with Crippen molar-refractivity contribution in [3.8, 4) is 0 Å². The molecule has 2 rings (SSSR count). The predicted octanol–water partition coefficient (Wildman–Crippen LogP) is 5.06. The Morgan fingerprint density at radius 3 is 2.30 bits per heavy atom. The van der Waals surface area contributed by atoms with Crippen molar-refractivity contribution in [2.45, 2.75) is 33.7 Å². The van der Waals surface area contributed by atoms with Crippen LogP contribution in [0.25, 0.3) is 0 Å². The van der Waals surface area contributed by atoms with Gasteiger partial charge in [-0.2, -0.15) is 0 Å². The van der Waals surface area contributed by atoms with Gasteiger partial charge in [0.25, 0.3) is 0 Å². The Labute approximate surface area is 118 Å². The summed E-state index contributed by atoms with van der Waals surface area (Å²) in [6.45, 7) is 8.09. The van der Waals surface area contributed by atoms with E-state index < -0.39 is 11.6 Å². The maximum Gasteiger partial charge on any atom is 0.181 e. The zero-order valence-corrected chi connectivity index (χ0v) is 12.2. The molecular formula is C17H19F2N. The molecule has 0 saturated heterocycles. The van der Waals surface area contributed by atoms with E-state index >= 15 is 0 Å². The average molecular weight is 275 g/mol. The van der Waals surface area contributed by atoms with E-state index in [4.69, 9.17) is 0 Å². The second-order valence-corrected chi connectivity index (χ2v) is 5.26. The van der Waals surface area contributed by atoms with Crippen molar-refractivity contribution in [1.29, 1.82) is 0 Å². The molecule has 1 N–H and O–H groups in total. The minimum atomic E-state index is -0.834. The maximum atomic E-state index is 13.7. The van der Waals surface area contributed by atoms with Crippen LogP contribution in [0.5, 0.6) is 0 Å². The molecule has 0 fully saturated rings. The Balaban J connectivity index is 2.31. The predicted molar refractivity (Wildman–Crippen MR) is 79.0 cm³/mol. The number of anilines is 1. The van der Waals surface area contributed by atoms with Crippen molar-refractivity contribution in [3.63, 3.8) is 0 Å². The first-order valence-corrected chi connectivity index (χ1v) is 6.68. The first kappa shape index (κ1) is 14.5. The summed E-state index contributed by atoms with van der Waals surface area (Å²) >= 11 is 0. The van der Waals surface area contributed by atoms with Crippen LogP contribution in [0.1, 0.15) is 35.2 Å². The highest BCUT2D eigenvalue weighted by atomic mass is 19.2. The molecule has 106 valence electrons. The Hall–Kier alpha value is -1.90. The van der Waals surface area contributed by atoms with Crippen LogP contribution >= 0.6 is 0 Å². The molecule has 0 heterocycles. The van der Waals surface area contributed by atoms with Crippen molar-refractivity contribution in [1.82, 2.24) is 0 Å². The highest BCUT2D eigenvalue weighted by molar-refractivity contribution is 5.49. The summed E-state index contributed by atoms with van der Waals surface area (Å²) in [5, 5.41) is 3.04. The summed E-state index contributed by atoms with van der Waals surface area (Å²) in [7, 11) is 0. The molecule has 0 saturated carbocycles. The van der Waals surface area contributed by atoms with Crippen molar-refractivity contribution < 1.29 is 8.78 Å². The van der Waals surface area contributed by atoms with Gasteiger partial charge in [0.15, 0.2) is 11.6 Å². The van der Waals surface area contributed by atoms with E-state index in [0.29, 0.717) is 0 Å². The van der Waals surface area contributed by atoms with Crippen LogP contribution in [0.15, 0.2) is 30.3 Å². The molecule has 1 nitrogen and oxygen atoms in total. The van der Waals surface area contributed by atoms with E-state index in [1.54, 1.807) is 6.07 Å². The summed E-state index contributed by atoms with van der Waals surface area (Å²) in [4.78, 5) is 0. The van der Waals surface area contributed by atoms with Gasteiger partial charge in [-0.05, 0) is 62.1 Å². The van der Waals surface area contributed by atoms with Crippen molar-refractivity contribution >= 4 is 5.69 Å². The molecule has 0 bridgehead atoms. The molecular weight excluding hydrogens is 256 g/mol. The van der Waals surface area contributed by atoms with E-state index in [1.165, 1.54) is 17.2 Å². The Morgan fingerprint density at radius 1 is 0.950 bits per heavy atom. The van der Waals surface area contributed by atoms with Crippen molar-refractivity contribution in [2.75, 3.05) is 5.32 Å². The Morgan fingerprint density at radius 2 is 1.60 bits per heavy atom. The summed E-state index contributed by atoms with van der Waals surface area (Å²) in [6, 6.07) is 8.29. The molecule has 3 heteroatoms. The normalized spacial score (nSPS) is 12.3. The molecule has 2 aromatic rings. The zero-order valence-electron chi connectivity index (χ0n) is 12.2. The summed E-state index contributed by atoms with van der Waals surface area (Å²) < 4.78 is 26.9. The standard InChI is InChI=1S/C17H19F2N/c1-10-8-12(3)14(9-11(10)2)13(4)20-16-7-5-6-15(18)17(16)19/h5-9,13,20H,1-4H3. The van der Waals surface area contributed by atoms with E-state index in [9.17, 15) is 8.78 Å². The monoisotopic (exact) mass is 275 g/mol. The minimum Gasteiger partial charge on any atom is -0.376 e. The molecule has 0 spiro atoms. The van der Waals surface area contributed by atoms with Crippen LogP contribution in [0.2, 0.25) is 0 Å². The van der Waals surface area contributed by atoms with Crippen LogP contribution in [-0.4, -0.2) is 0 Å². The third kappa shape index (κ3) is 2.82. The number of nitrogens with one attached hydrogen (secondary N) is 1. The molecule has 1 unspecified atom stereocenters. The van der Waals surface area contributed by atoms with E-state index in [2.05, 4.69) is 24.4 Å². The number of rotatable bonds is 3. The second kappa shape index (κ2) is 5.61. The number of hydrogen-bond acceptors (Lipinski definition) is 1. The molecule has 0 aromatic heterocycles. The van der Waals surface area contributed by atoms with Crippen molar-refractivity contribution in [3.05, 3.63) is 64.2 Å². The highest BCUT2D eigenvalue weighted by Gasteiger charge is 2.13.